The molecular formula is C14H20O4. The molecule has 0 saturated heterocycles. The van der Waals surface area contributed by atoms with Gasteiger partial charge in [0.05, 0.1) is 18.3 Å². The van der Waals surface area contributed by atoms with Crippen LogP contribution in [0.1, 0.15) is 30.6 Å². The molecule has 1 atom stereocenters. The highest BCUT2D eigenvalue weighted by Crippen LogP contribution is 2.14. The Morgan fingerprint density at radius 1 is 1.22 bits per heavy atom. The first kappa shape index (κ1) is 14.5. The Labute approximate surface area is 108 Å². The van der Waals surface area contributed by atoms with Crippen molar-refractivity contribution < 1.29 is 19.0 Å². The molecule has 0 N–H and O–H groups in total. The second-order valence-electron chi connectivity index (χ2n) is 3.82. The summed E-state index contributed by atoms with van der Waals surface area (Å²) < 4.78 is 15.7. The Balaban J connectivity index is 2.52. The van der Waals surface area contributed by atoms with Crippen molar-refractivity contribution in [1.29, 1.82) is 0 Å². The van der Waals surface area contributed by atoms with Crippen LogP contribution in [0, 0.1) is 0 Å². The number of benzene rings is 1. The highest BCUT2D eigenvalue weighted by molar-refractivity contribution is 5.89. The lowest BCUT2D eigenvalue weighted by molar-refractivity contribution is 0.0524. The van der Waals surface area contributed by atoms with E-state index < -0.39 is 0 Å². The van der Waals surface area contributed by atoms with Crippen molar-refractivity contribution in [1.82, 2.24) is 0 Å². The van der Waals surface area contributed by atoms with E-state index in [9.17, 15) is 4.79 Å². The van der Waals surface area contributed by atoms with Gasteiger partial charge in [0.1, 0.15) is 12.4 Å². The molecule has 0 heterocycles. The number of hydrogen-bond acceptors (Lipinski definition) is 4. The summed E-state index contributed by atoms with van der Waals surface area (Å²) in [7, 11) is 1.67. The van der Waals surface area contributed by atoms with Crippen LogP contribution in [0.25, 0.3) is 0 Å². The van der Waals surface area contributed by atoms with E-state index in [4.69, 9.17) is 14.2 Å². The van der Waals surface area contributed by atoms with Crippen LogP contribution in [0.3, 0.4) is 0 Å². The van der Waals surface area contributed by atoms with E-state index in [-0.39, 0.29) is 12.1 Å². The Kier molecular flexibility index (Phi) is 6.22. The van der Waals surface area contributed by atoms with Crippen molar-refractivity contribution in [3.8, 4) is 5.75 Å². The lowest BCUT2D eigenvalue weighted by atomic mass is 10.2. The van der Waals surface area contributed by atoms with E-state index in [1.807, 2.05) is 6.92 Å². The lowest BCUT2D eigenvalue weighted by Crippen LogP contribution is -2.19. The zero-order valence-corrected chi connectivity index (χ0v) is 11.1. The van der Waals surface area contributed by atoms with Gasteiger partial charge in [0, 0.05) is 7.11 Å². The summed E-state index contributed by atoms with van der Waals surface area (Å²) in [5.74, 6) is 0.408. The first-order chi connectivity index (χ1) is 8.71. The van der Waals surface area contributed by atoms with Gasteiger partial charge in [0.15, 0.2) is 0 Å². The van der Waals surface area contributed by atoms with Crippen LogP contribution in [-0.2, 0) is 9.47 Å². The van der Waals surface area contributed by atoms with Crippen LogP contribution in [0.2, 0.25) is 0 Å². The third kappa shape index (κ3) is 4.37. The quantitative estimate of drug-likeness (QED) is 0.700. The maximum Gasteiger partial charge on any atom is 0.338 e. The maximum absolute atomic E-state index is 11.4. The van der Waals surface area contributed by atoms with E-state index in [0.717, 1.165) is 12.2 Å². The summed E-state index contributed by atoms with van der Waals surface area (Å²) in [6.07, 6.45) is 0.993. The number of rotatable bonds is 7. The molecule has 0 aliphatic heterocycles. The zero-order valence-electron chi connectivity index (χ0n) is 11.1. The van der Waals surface area contributed by atoms with Crippen molar-refractivity contribution in [2.24, 2.45) is 0 Å². The van der Waals surface area contributed by atoms with Gasteiger partial charge < -0.3 is 14.2 Å². The van der Waals surface area contributed by atoms with Gasteiger partial charge in [-0.25, -0.2) is 4.79 Å². The minimum atomic E-state index is -0.313. The molecule has 1 aromatic rings. The van der Waals surface area contributed by atoms with Gasteiger partial charge in [-0.1, -0.05) is 6.92 Å². The van der Waals surface area contributed by atoms with Gasteiger partial charge >= 0.3 is 5.97 Å². The molecule has 0 aliphatic rings. The number of hydrogen-bond donors (Lipinski definition) is 0. The summed E-state index contributed by atoms with van der Waals surface area (Å²) in [6, 6.07) is 6.91. The molecule has 0 bridgehead atoms. The lowest BCUT2D eigenvalue weighted by Gasteiger charge is -2.14. The highest BCUT2D eigenvalue weighted by atomic mass is 16.5. The molecular weight excluding hydrogens is 232 g/mol. The number of carbonyl (C=O) groups is 1. The number of methoxy groups -OCH3 is 1. The van der Waals surface area contributed by atoms with Crippen LogP contribution in [-0.4, -0.2) is 32.4 Å². The molecule has 0 aromatic heterocycles. The first-order valence-corrected chi connectivity index (χ1v) is 6.14. The third-order valence-electron chi connectivity index (χ3n) is 2.59. The number of esters is 1. The first-order valence-electron chi connectivity index (χ1n) is 6.14. The Bertz CT molecular complexity index is 355. The molecule has 0 saturated carbocycles. The molecule has 4 heteroatoms. The molecule has 1 aromatic carbocycles. The van der Waals surface area contributed by atoms with Gasteiger partial charge in [0.25, 0.3) is 0 Å². The van der Waals surface area contributed by atoms with Crippen molar-refractivity contribution >= 4 is 5.97 Å². The molecule has 0 spiro atoms. The predicted molar refractivity (Wildman–Crippen MR) is 69.0 cm³/mol. The number of carbonyl (C=O) groups excluding carboxylic acids is 1. The van der Waals surface area contributed by atoms with E-state index in [1.165, 1.54) is 0 Å². The van der Waals surface area contributed by atoms with Crippen molar-refractivity contribution in [2.75, 3.05) is 20.3 Å². The SMILES string of the molecule is CCOC(=O)c1ccc(OC[C@H](CC)OC)cc1. The average molecular weight is 252 g/mol. The van der Waals surface area contributed by atoms with Gasteiger partial charge in [-0.2, -0.15) is 0 Å². The second-order valence-corrected chi connectivity index (χ2v) is 3.82. The van der Waals surface area contributed by atoms with Crippen LogP contribution >= 0.6 is 0 Å². The van der Waals surface area contributed by atoms with E-state index in [2.05, 4.69) is 0 Å². The van der Waals surface area contributed by atoms with Gasteiger partial charge in [0.2, 0.25) is 0 Å². The van der Waals surface area contributed by atoms with Crippen LogP contribution in [0.15, 0.2) is 24.3 Å². The summed E-state index contributed by atoms with van der Waals surface area (Å²) >= 11 is 0. The van der Waals surface area contributed by atoms with Crippen molar-refractivity contribution in [2.45, 2.75) is 26.4 Å². The Morgan fingerprint density at radius 2 is 1.89 bits per heavy atom. The van der Waals surface area contributed by atoms with Gasteiger partial charge in [-0.15, -0.1) is 0 Å². The second kappa shape index (κ2) is 7.71. The van der Waals surface area contributed by atoms with Gasteiger partial charge in [-0.05, 0) is 37.6 Å². The molecule has 0 fully saturated rings. The fourth-order valence-corrected chi connectivity index (χ4v) is 1.44. The van der Waals surface area contributed by atoms with E-state index >= 15 is 0 Å². The average Bonchev–Trinajstić information content (AvgIpc) is 2.41. The largest absolute Gasteiger partial charge is 0.491 e. The summed E-state index contributed by atoms with van der Waals surface area (Å²) in [6.45, 7) is 4.71. The number of ether oxygens (including phenoxy) is 3. The third-order valence-corrected chi connectivity index (χ3v) is 2.59. The molecule has 0 radical (unpaired) electrons. The summed E-state index contributed by atoms with van der Waals surface area (Å²) in [4.78, 5) is 11.4. The molecule has 100 valence electrons. The molecule has 18 heavy (non-hydrogen) atoms. The molecule has 1 rings (SSSR count). The standard InChI is InChI=1S/C14H20O4/c1-4-12(16-3)10-18-13-8-6-11(7-9-13)14(15)17-5-2/h6-9,12H,4-5,10H2,1-3H3/t12-/m0/s1. The molecule has 0 aliphatic carbocycles. The minimum Gasteiger partial charge on any atom is -0.491 e. The normalized spacial score (nSPS) is 11.9. The fourth-order valence-electron chi connectivity index (χ4n) is 1.44. The molecule has 4 nitrogen and oxygen atoms in total. The fraction of sp³-hybridized carbons (Fsp3) is 0.500. The highest BCUT2D eigenvalue weighted by Gasteiger charge is 2.07. The summed E-state index contributed by atoms with van der Waals surface area (Å²) in [5.41, 5.74) is 0.531. The van der Waals surface area contributed by atoms with Crippen LogP contribution in [0.4, 0.5) is 0 Å². The predicted octanol–water partition coefficient (Wildman–Crippen LogP) is 2.67. The zero-order chi connectivity index (χ0) is 13.4. The Hall–Kier alpha value is -1.55. The topological polar surface area (TPSA) is 44.8 Å². The molecule has 0 amide bonds. The maximum atomic E-state index is 11.4. The van der Waals surface area contributed by atoms with Crippen LogP contribution in [0.5, 0.6) is 5.75 Å². The Morgan fingerprint density at radius 3 is 2.39 bits per heavy atom. The van der Waals surface area contributed by atoms with E-state index in [0.29, 0.717) is 18.8 Å². The monoisotopic (exact) mass is 252 g/mol. The van der Waals surface area contributed by atoms with Crippen molar-refractivity contribution in [3.63, 3.8) is 0 Å². The smallest absolute Gasteiger partial charge is 0.338 e. The van der Waals surface area contributed by atoms with Crippen LogP contribution < -0.4 is 4.74 Å². The summed E-state index contributed by atoms with van der Waals surface area (Å²) in [5, 5.41) is 0. The van der Waals surface area contributed by atoms with Crippen molar-refractivity contribution in [3.05, 3.63) is 29.8 Å². The van der Waals surface area contributed by atoms with Gasteiger partial charge in [-0.3, -0.25) is 0 Å². The minimum absolute atomic E-state index is 0.0923. The molecule has 0 unspecified atom stereocenters. The van der Waals surface area contributed by atoms with E-state index in [1.54, 1.807) is 38.3 Å².